The summed E-state index contributed by atoms with van der Waals surface area (Å²) in [6.45, 7) is 1.34. The molecule has 18 heavy (non-hydrogen) atoms. The first-order chi connectivity index (χ1) is 8.56. The van der Waals surface area contributed by atoms with Gasteiger partial charge in [0.15, 0.2) is 0 Å². The Labute approximate surface area is 120 Å². The van der Waals surface area contributed by atoms with E-state index in [1.54, 1.807) is 17.0 Å². The van der Waals surface area contributed by atoms with Crippen LogP contribution in [0, 0.1) is 0 Å². The lowest BCUT2D eigenvalue weighted by Crippen LogP contribution is -2.47. The summed E-state index contributed by atoms with van der Waals surface area (Å²) in [7, 11) is 0. The SMILES string of the molecule is N[C@@H]1CCCN(C(=O)Nc2ccc(Br)cc2Cl)C1. The first-order valence-corrected chi connectivity index (χ1v) is 7.00. The standard InChI is InChI=1S/C12H15BrClN3O/c13-8-3-4-11(10(14)6-8)16-12(18)17-5-1-2-9(15)7-17/h3-4,6,9H,1-2,5,7,15H2,(H,16,18)/t9-/m1/s1. The average Bonchev–Trinajstić information content (AvgIpc) is 2.32. The number of amides is 2. The topological polar surface area (TPSA) is 58.4 Å². The highest BCUT2D eigenvalue weighted by Gasteiger charge is 2.21. The van der Waals surface area contributed by atoms with Crippen LogP contribution in [-0.2, 0) is 0 Å². The fourth-order valence-electron chi connectivity index (χ4n) is 1.98. The minimum absolute atomic E-state index is 0.0740. The van der Waals surface area contributed by atoms with Crippen LogP contribution in [0.1, 0.15) is 12.8 Å². The summed E-state index contributed by atoms with van der Waals surface area (Å²) in [6, 6.07) is 5.29. The quantitative estimate of drug-likeness (QED) is 0.830. The molecule has 0 aliphatic carbocycles. The number of anilines is 1. The van der Waals surface area contributed by atoms with Gasteiger partial charge in [0, 0.05) is 23.6 Å². The van der Waals surface area contributed by atoms with Gasteiger partial charge in [-0.25, -0.2) is 4.79 Å². The van der Waals surface area contributed by atoms with Gasteiger partial charge in [0.25, 0.3) is 0 Å². The Balaban J connectivity index is 2.02. The number of hydrogen-bond donors (Lipinski definition) is 2. The van der Waals surface area contributed by atoms with Gasteiger partial charge in [-0.05, 0) is 31.0 Å². The Bertz CT molecular complexity index is 455. The minimum atomic E-state index is -0.144. The van der Waals surface area contributed by atoms with Crippen molar-refractivity contribution in [2.75, 3.05) is 18.4 Å². The summed E-state index contributed by atoms with van der Waals surface area (Å²) in [5.74, 6) is 0. The molecular formula is C12H15BrClN3O. The molecule has 1 aliphatic rings. The molecular weight excluding hydrogens is 318 g/mol. The first kappa shape index (κ1) is 13.6. The third-order valence-electron chi connectivity index (χ3n) is 2.92. The summed E-state index contributed by atoms with van der Waals surface area (Å²) < 4.78 is 0.880. The largest absolute Gasteiger partial charge is 0.326 e. The Morgan fingerprint density at radius 1 is 1.56 bits per heavy atom. The molecule has 0 saturated carbocycles. The summed E-state index contributed by atoms with van der Waals surface area (Å²) in [6.07, 6.45) is 1.92. The number of nitrogens with one attached hydrogen (secondary N) is 1. The molecule has 1 saturated heterocycles. The van der Waals surface area contributed by atoms with E-state index in [-0.39, 0.29) is 12.1 Å². The van der Waals surface area contributed by atoms with Crippen molar-refractivity contribution in [3.05, 3.63) is 27.7 Å². The van der Waals surface area contributed by atoms with Crippen LogP contribution >= 0.6 is 27.5 Å². The molecule has 1 aliphatic heterocycles. The molecule has 4 nitrogen and oxygen atoms in total. The molecule has 98 valence electrons. The van der Waals surface area contributed by atoms with Crippen LogP contribution < -0.4 is 11.1 Å². The second-order valence-electron chi connectivity index (χ2n) is 4.40. The predicted molar refractivity (Wildman–Crippen MR) is 77.0 cm³/mol. The Morgan fingerprint density at radius 3 is 3.00 bits per heavy atom. The second-order valence-corrected chi connectivity index (χ2v) is 5.73. The van der Waals surface area contributed by atoms with E-state index in [1.807, 2.05) is 6.07 Å². The first-order valence-electron chi connectivity index (χ1n) is 5.83. The number of carbonyl (C=O) groups excluding carboxylic acids is 1. The van der Waals surface area contributed by atoms with Gasteiger partial charge in [0.1, 0.15) is 0 Å². The van der Waals surface area contributed by atoms with Crippen LogP contribution in [0.25, 0.3) is 0 Å². The van der Waals surface area contributed by atoms with E-state index in [9.17, 15) is 4.79 Å². The predicted octanol–water partition coefficient (Wildman–Crippen LogP) is 3.06. The van der Waals surface area contributed by atoms with Crippen LogP contribution in [0.2, 0.25) is 5.02 Å². The molecule has 6 heteroatoms. The number of halogens is 2. The fourth-order valence-corrected chi connectivity index (χ4v) is 2.70. The number of piperidine rings is 1. The number of benzene rings is 1. The number of nitrogens with two attached hydrogens (primary N) is 1. The molecule has 2 amide bonds. The zero-order valence-electron chi connectivity index (χ0n) is 9.83. The molecule has 1 aromatic rings. The van der Waals surface area contributed by atoms with Gasteiger partial charge in [-0.1, -0.05) is 27.5 Å². The zero-order chi connectivity index (χ0) is 13.1. The third kappa shape index (κ3) is 3.37. The summed E-state index contributed by atoms with van der Waals surface area (Å²) >= 11 is 9.38. The highest BCUT2D eigenvalue weighted by Crippen LogP contribution is 2.26. The number of nitrogens with zero attached hydrogens (tertiary/aromatic N) is 1. The second kappa shape index (κ2) is 5.91. The lowest BCUT2D eigenvalue weighted by molar-refractivity contribution is 0.193. The van der Waals surface area contributed by atoms with E-state index in [0.717, 1.165) is 23.9 Å². The van der Waals surface area contributed by atoms with Crippen LogP contribution in [0.4, 0.5) is 10.5 Å². The Hall–Kier alpha value is -0.780. The Kier molecular flexibility index (Phi) is 4.48. The lowest BCUT2D eigenvalue weighted by atomic mass is 10.1. The number of likely N-dealkylation sites (tertiary alicyclic amines) is 1. The van der Waals surface area contributed by atoms with Crippen molar-refractivity contribution in [3.63, 3.8) is 0 Å². The third-order valence-corrected chi connectivity index (χ3v) is 3.72. The van der Waals surface area contributed by atoms with E-state index in [1.165, 1.54) is 0 Å². The molecule has 2 rings (SSSR count). The van der Waals surface area contributed by atoms with Crippen molar-refractivity contribution in [2.24, 2.45) is 5.73 Å². The molecule has 3 N–H and O–H groups in total. The molecule has 0 bridgehead atoms. The number of carbonyl (C=O) groups is 1. The summed E-state index contributed by atoms with van der Waals surface area (Å²) in [5.41, 5.74) is 6.47. The minimum Gasteiger partial charge on any atom is -0.326 e. The van der Waals surface area contributed by atoms with Gasteiger partial charge in [0.05, 0.1) is 10.7 Å². The van der Waals surface area contributed by atoms with Crippen molar-refractivity contribution < 1.29 is 4.79 Å². The average molecular weight is 333 g/mol. The van der Waals surface area contributed by atoms with Gasteiger partial charge in [-0.3, -0.25) is 0 Å². The molecule has 1 heterocycles. The summed E-state index contributed by atoms with van der Waals surface area (Å²) in [4.78, 5) is 13.8. The molecule has 1 aromatic carbocycles. The monoisotopic (exact) mass is 331 g/mol. The van der Waals surface area contributed by atoms with E-state index in [0.29, 0.717) is 17.3 Å². The summed E-state index contributed by atoms with van der Waals surface area (Å²) in [5, 5.41) is 3.32. The Morgan fingerprint density at radius 2 is 2.33 bits per heavy atom. The van der Waals surface area contributed by atoms with Crippen LogP contribution in [-0.4, -0.2) is 30.1 Å². The normalized spacial score (nSPS) is 19.7. The van der Waals surface area contributed by atoms with Crippen LogP contribution in [0.3, 0.4) is 0 Å². The maximum Gasteiger partial charge on any atom is 0.321 e. The fraction of sp³-hybridized carbons (Fsp3) is 0.417. The molecule has 0 radical (unpaired) electrons. The van der Waals surface area contributed by atoms with E-state index in [4.69, 9.17) is 17.3 Å². The zero-order valence-corrected chi connectivity index (χ0v) is 12.2. The molecule has 0 unspecified atom stereocenters. The number of urea groups is 1. The van der Waals surface area contributed by atoms with Gasteiger partial charge in [-0.2, -0.15) is 0 Å². The number of hydrogen-bond acceptors (Lipinski definition) is 2. The smallest absolute Gasteiger partial charge is 0.321 e. The molecule has 1 atom stereocenters. The van der Waals surface area contributed by atoms with E-state index < -0.39 is 0 Å². The van der Waals surface area contributed by atoms with Gasteiger partial charge >= 0.3 is 6.03 Å². The highest BCUT2D eigenvalue weighted by molar-refractivity contribution is 9.10. The lowest BCUT2D eigenvalue weighted by Gasteiger charge is -2.30. The van der Waals surface area contributed by atoms with Gasteiger partial charge in [-0.15, -0.1) is 0 Å². The maximum absolute atomic E-state index is 12.0. The molecule has 1 fully saturated rings. The molecule has 0 aromatic heterocycles. The van der Waals surface area contributed by atoms with Gasteiger partial charge < -0.3 is 16.0 Å². The van der Waals surface area contributed by atoms with Crippen LogP contribution in [0.5, 0.6) is 0 Å². The van der Waals surface area contributed by atoms with Crippen molar-refractivity contribution in [1.82, 2.24) is 4.90 Å². The van der Waals surface area contributed by atoms with E-state index >= 15 is 0 Å². The highest BCUT2D eigenvalue weighted by atomic mass is 79.9. The number of rotatable bonds is 1. The van der Waals surface area contributed by atoms with Crippen molar-refractivity contribution in [3.8, 4) is 0 Å². The van der Waals surface area contributed by atoms with E-state index in [2.05, 4.69) is 21.2 Å². The van der Waals surface area contributed by atoms with Crippen molar-refractivity contribution in [2.45, 2.75) is 18.9 Å². The van der Waals surface area contributed by atoms with Crippen molar-refractivity contribution >= 4 is 39.2 Å². The van der Waals surface area contributed by atoms with Crippen LogP contribution in [0.15, 0.2) is 22.7 Å². The molecule has 0 spiro atoms. The van der Waals surface area contributed by atoms with Crippen molar-refractivity contribution in [1.29, 1.82) is 0 Å². The maximum atomic E-state index is 12.0. The van der Waals surface area contributed by atoms with Gasteiger partial charge in [0.2, 0.25) is 0 Å².